The number of rotatable bonds is 5. The van der Waals surface area contributed by atoms with Gasteiger partial charge in [0.15, 0.2) is 5.78 Å². The van der Waals surface area contributed by atoms with Crippen molar-refractivity contribution in [1.82, 2.24) is 14.6 Å². The lowest BCUT2D eigenvalue weighted by Crippen LogP contribution is -2.04. The molecule has 0 aliphatic heterocycles. The van der Waals surface area contributed by atoms with Crippen molar-refractivity contribution in [2.75, 3.05) is 0 Å². The second-order valence-electron chi connectivity index (χ2n) is 3.32. The fourth-order valence-electron chi connectivity index (χ4n) is 1.38. The summed E-state index contributed by atoms with van der Waals surface area (Å²) in [5, 5.41) is 6.71. The average molecular weight is 253 g/mol. The highest BCUT2D eigenvalue weighted by atomic mass is 32.1. The van der Waals surface area contributed by atoms with Crippen LogP contribution in [0.15, 0.2) is 11.6 Å². The maximum atomic E-state index is 12.0. The molecule has 0 fully saturated rings. The Labute approximate surface area is 102 Å². The second kappa shape index (κ2) is 5.27. The summed E-state index contributed by atoms with van der Waals surface area (Å²) >= 11 is 2.69. The maximum absolute atomic E-state index is 12.0. The number of carbonyl (C=O) groups is 1. The smallest absolute Gasteiger partial charge is 0.183 e. The molecule has 16 heavy (non-hydrogen) atoms. The van der Waals surface area contributed by atoms with Gasteiger partial charge in [-0.25, -0.2) is 4.98 Å². The molecule has 0 atom stereocenters. The van der Waals surface area contributed by atoms with Gasteiger partial charge in [0.25, 0.3) is 0 Å². The van der Waals surface area contributed by atoms with E-state index in [9.17, 15) is 4.79 Å². The van der Waals surface area contributed by atoms with Crippen LogP contribution in [0.3, 0.4) is 0 Å². The summed E-state index contributed by atoms with van der Waals surface area (Å²) in [6, 6.07) is 0. The minimum absolute atomic E-state index is 0.0772. The first-order valence-corrected chi connectivity index (χ1v) is 6.69. The van der Waals surface area contributed by atoms with E-state index in [1.807, 2.05) is 5.38 Å². The van der Waals surface area contributed by atoms with Crippen LogP contribution >= 0.6 is 22.9 Å². The van der Waals surface area contributed by atoms with Gasteiger partial charge in [-0.3, -0.25) is 4.79 Å². The predicted molar refractivity (Wildman–Crippen MR) is 64.1 cm³/mol. The molecule has 0 N–H and O–H groups in total. The highest BCUT2D eigenvalue weighted by molar-refractivity contribution is 7.10. The predicted octanol–water partition coefficient (Wildman–Crippen LogP) is 2.37. The Morgan fingerprint density at radius 1 is 1.50 bits per heavy atom. The summed E-state index contributed by atoms with van der Waals surface area (Å²) < 4.78 is 3.84. The number of thiazole rings is 1. The molecular formula is C10H11N3OS2. The van der Waals surface area contributed by atoms with E-state index < -0.39 is 0 Å². The molecule has 0 bridgehead atoms. The number of Topliss-reactive ketones (excluding diaryl/α,β-unsaturated/α-hetero) is 1. The molecule has 0 saturated carbocycles. The van der Waals surface area contributed by atoms with Crippen molar-refractivity contribution in [3.63, 3.8) is 0 Å². The Bertz CT molecular complexity index is 464. The van der Waals surface area contributed by atoms with Gasteiger partial charge in [-0.15, -0.1) is 16.4 Å². The molecule has 0 saturated heterocycles. The molecule has 2 rings (SSSR count). The Hall–Kier alpha value is -1.14. The van der Waals surface area contributed by atoms with Gasteiger partial charge in [-0.1, -0.05) is 17.8 Å². The minimum atomic E-state index is 0.0772. The zero-order chi connectivity index (χ0) is 11.4. The average Bonchev–Trinajstić information content (AvgIpc) is 2.89. The van der Waals surface area contributed by atoms with Crippen molar-refractivity contribution in [3.8, 4) is 0 Å². The fraction of sp³-hybridized carbons (Fsp3) is 0.400. The molecule has 0 amide bonds. The minimum Gasteiger partial charge on any atom is -0.293 e. The Morgan fingerprint density at radius 3 is 3.06 bits per heavy atom. The van der Waals surface area contributed by atoms with Crippen molar-refractivity contribution in [2.45, 2.75) is 26.2 Å². The van der Waals surface area contributed by atoms with Gasteiger partial charge in [0, 0.05) is 11.6 Å². The zero-order valence-electron chi connectivity index (χ0n) is 8.84. The molecule has 0 radical (unpaired) electrons. The largest absolute Gasteiger partial charge is 0.293 e. The summed E-state index contributed by atoms with van der Waals surface area (Å²) in [7, 11) is 0. The van der Waals surface area contributed by atoms with Crippen molar-refractivity contribution in [2.24, 2.45) is 0 Å². The number of aryl methyl sites for hydroxylation is 1. The van der Waals surface area contributed by atoms with Gasteiger partial charge in [0.05, 0.1) is 12.1 Å². The first-order valence-electron chi connectivity index (χ1n) is 5.04. The normalized spacial score (nSPS) is 10.6. The van der Waals surface area contributed by atoms with Crippen LogP contribution in [0.2, 0.25) is 0 Å². The Morgan fingerprint density at radius 2 is 2.38 bits per heavy atom. The number of nitrogens with zero attached hydrogens (tertiary/aromatic N) is 3. The third-order valence-corrected chi connectivity index (χ3v) is 3.68. The van der Waals surface area contributed by atoms with Crippen molar-refractivity contribution < 1.29 is 4.79 Å². The number of ketones is 1. The molecular weight excluding hydrogens is 242 g/mol. The summed E-state index contributed by atoms with van der Waals surface area (Å²) in [5.74, 6) is 0.0772. The van der Waals surface area contributed by atoms with Crippen molar-refractivity contribution in [3.05, 3.63) is 27.2 Å². The van der Waals surface area contributed by atoms with Crippen LogP contribution < -0.4 is 0 Å². The van der Waals surface area contributed by atoms with E-state index in [4.69, 9.17) is 0 Å². The summed E-state index contributed by atoms with van der Waals surface area (Å²) in [6.07, 6.45) is 3.86. The van der Waals surface area contributed by atoms with E-state index in [1.165, 1.54) is 22.9 Å². The molecule has 2 aromatic rings. The van der Waals surface area contributed by atoms with E-state index in [0.717, 1.165) is 23.5 Å². The standard InChI is InChI=1S/C10H11N3OS2/c1-2-3-7-10(16-13-12-7)8(14)6-9-11-4-5-15-9/h4-5H,2-3,6H2,1H3. The lowest BCUT2D eigenvalue weighted by Gasteiger charge is -1.97. The first kappa shape index (κ1) is 11.3. The fourth-order valence-corrected chi connectivity index (χ4v) is 2.64. The van der Waals surface area contributed by atoms with Crippen LogP contribution in [0.25, 0.3) is 0 Å². The lowest BCUT2D eigenvalue weighted by atomic mass is 10.1. The third-order valence-electron chi connectivity index (χ3n) is 2.09. The quantitative estimate of drug-likeness (QED) is 0.768. The molecule has 84 valence electrons. The van der Waals surface area contributed by atoms with Crippen LogP contribution in [0, 0.1) is 0 Å². The molecule has 2 aromatic heterocycles. The van der Waals surface area contributed by atoms with Gasteiger partial charge in [0.2, 0.25) is 0 Å². The molecule has 0 unspecified atom stereocenters. The Balaban J connectivity index is 2.11. The topological polar surface area (TPSA) is 55.7 Å². The van der Waals surface area contributed by atoms with Crippen molar-refractivity contribution >= 4 is 28.7 Å². The highest BCUT2D eigenvalue weighted by Crippen LogP contribution is 2.16. The van der Waals surface area contributed by atoms with E-state index >= 15 is 0 Å². The Kier molecular flexibility index (Phi) is 3.74. The van der Waals surface area contributed by atoms with Crippen molar-refractivity contribution in [1.29, 1.82) is 0 Å². The van der Waals surface area contributed by atoms with Gasteiger partial charge in [-0.05, 0) is 18.0 Å². The van der Waals surface area contributed by atoms with E-state index in [2.05, 4.69) is 21.5 Å². The van der Waals surface area contributed by atoms with Crippen LogP contribution in [0.5, 0.6) is 0 Å². The first-order chi connectivity index (χ1) is 7.81. The van der Waals surface area contributed by atoms with Crippen LogP contribution in [0.4, 0.5) is 0 Å². The molecule has 0 spiro atoms. The van der Waals surface area contributed by atoms with E-state index in [0.29, 0.717) is 11.3 Å². The van der Waals surface area contributed by atoms with Crippen LogP contribution in [0.1, 0.15) is 33.7 Å². The number of hydrogen-bond acceptors (Lipinski definition) is 6. The van der Waals surface area contributed by atoms with E-state index in [-0.39, 0.29) is 5.78 Å². The van der Waals surface area contributed by atoms with Crippen LogP contribution in [-0.2, 0) is 12.8 Å². The van der Waals surface area contributed by atoms with Gasteiger partial charge in [-0.2, -0.15) is 0 Å². The summed E-state index contributed by atoms with van der Waals surface area (Å²) in [5.41, 5.74) is 0.828. The van der Waals surface area contributed by atoms with Gasteiger partial charge >= 0.3 is 0 Å². The molecule has 0 aliphatic rings. The molecule has 2 heterocycles. The van der Waals surface area contributed by atoms with Gasteiger partial charge in [0.1, 0.15) is 9.88 Å². The van der Waals surface area contributed by atoms with E-state index in [1.54, 1.807) is 6.20 Å². The zero-order valence-corrected chi connectivity index (χ0v) is 10.5. The summed E-state index contributed by atoms with van der Waals surface area (Å²) in [6.45, 7) is 2.06. The number of carbonyl (C=O) groups excluding carboxylic acids is 1. The number of hydrogen-bond donors (Lipinski definition) is 0. The monoisotopic (exact) mass is 253 g/mol. The molecule has 0 aromatic carbocycles. The summed E-state index contributed by atoms with van der Waals surface area (Å²) in [4.78, 5) is 16.8. The van der Waals surface area contributed by atoms with Crippen LogP contribution in [-0.4, -0.2) is 20.4 Å². The number of aromatic nitrogens is 3. The third kappa shape index (κ3) is 2.51. The lowest BCUT2D eigenvalue weighted by molar-refractivity contribution is 0.0995. The molecule has 6 heteroatoms. The second-order valence-corrected chi connectivity index (χ2v) is 5.06. The molecule has 4 nitrogen and oxygen atoms in total. The maximum Gasteiger partial charge on any atom is 0.183 e. The SMILES string of the molecule is CCCc1nnsc1C(=O)Cc1nccs1. The molecule has 0 aliphatic carbocycles. The highest BCUT2D eigenvalue weighted by Gasteiger charge is 2.16. The van der Waals surface area contributed by atoms with Gasteiger partial charge < -0.3 is 0 Å².